The van der Waals surface area contributed by atoms with Crippen molar-refractivity contribution in [3.63, 3.8) is 0 Å². The van der Waals surface area contributed by atoms with Crippen molar-refractivity contribution < 1.29 is 8.42 Å². The summed E-state index contributed by atoms with van der Waals surface area (Å²) in [5.74, 6) is 0.411. The van der Waals surface area contributed by atoms with Crippen molar-refractivity contribution in [3.8, 4) is 0 Å². The fourth-order valence-electron chi connectivity index (χ4n) is 0.939. The maximum absolute atomic E-state index is 11.2. The van der Waals surface area contributed by atoms with Crippen LogP contribution >= 0.6 is 0 Å². The van der Waals surface area contributed by atoms with Gasteiger partial charge in [-0.15, -0.1) is 0 Å². The van der Waals surface area contributed by atoms with Gasteiger partial charge in [0.1, 0.15) is 0 Å². The molecule has 0 aromatic carbocycles. The van der Waals surface area contributed by atoms with E-state index in [1.54, 1.807) is 0 Å². The van der Waals surface area contributed by atoms with E-state index in [4.69, 9.17) is 0 Å². The highest BCUT2D eigenvalue weighted by Gasteiger charge is 2.34. The first kappa shape index (κ1) is 8.05. The van der Waals surface area contributed by atoms with Crippen molar-refractivity contribution in [2.75, 3.05) is 5.75 Å². The topological polar surface area (TPSA) is 34.1 Å². The van der Waals surface area contributed by atoms with Crippen molar-refractivity contribution in [2.24, 2.45) is 0 Å². The summed E-state index contributed by atoms with van der Waals surface area (Å²) < 4.78 is 22.3. The van der Waals surface area contributed by atoms with Gasteiger partial charge in [-0.05, 0) is 19.3 Å². The van der Waals surface area contributed by atoms with Gasteiger partial charge in [-0.3, -0.25) is 0 Å². The molecule has 0 unspecified atom stereocenters. The van der Waals surface area contributed by atoms with Crippen LogP contribution in [-0.4, -0.2) is 19.4 Å². The van der Waals surface area contributed by atoms with Gasteiger partial charge in [-0.25, -0.2) is 8.42 Å². The Bertz CT molecular complexity index is 190. The minimum absolute atomic E-state index is 0.0408. The maximum atomic E-state index is 11.2. The number of unbranched alkanes of at least 4 members (excludes halogenated alkanes) is 1. The molecule has 60 valence electrons. The van der Waals surface area contributed by atoms with Crippen LogP contribution in [0.2, 0.25) is 0 Å². The van der Waals surface area contributed by atoms with Crippen LogP contribution in [0.25, 0.3) is 0 Å². The predicted octanol–water partition coefficient (Wildman–Crippen LogP) is 1.36. The molecule has 0 spiro atoms. The second kappa shape index (κ2) is 2.91. The highest BCUT2D eigenvalue weighted by atomic mass is 32.2. The van der Waals surface area contributed by atoms with Crippen LogP contribution in [0.15, 0.2) is 0 Å². The van der Waals surface area contributed by atoms with Gasteiger partial charge in [0.05, 0.1) is 11.0 Å². The molecule has 0 radical (unpaired) electrons. The van der Waals surface area contributed by atoms with Gasteiger partial charge in [0.25, 0.3) is 0 Å². The first-order valence-corrected chi connectivity index (χ1v) is 5.60. The normalized spacial score (nSPS) is 19.3. The molecule has 0 bridgehead atoms. The van der Waals surface area contributed by atoms with E-state index in [2.05, 4.69) is 0 Å². The molecule has 0 aromatic rings. The summed E-state index contributed by atoms with van der Waals surface area (Å²) in [6.07, 6.45) is 3.63. The van der Waals surface area contributed by atoms with Gasteiger partial charge in [-0.1, -0.05) is 13.3 Å². The molecule has 0 aromatic heterocycles. The van der Waals surface area contributed by atoms with Crippen molar-refractivity contribution in [2.45, 2.75) is 37.9 Å². The van der Waals surface area contributed by atoms with Gasteiger partial charge in [0.2, 0.25) is 0 Å². The second-order valence-electron chi connectivity index (χ2n) is 2.92. The summed E-state index contributed by atoms with van der Waals surface area (Å²) in [7, 11) is -2.65. The average Bonchev–Trinajstić information content (AvgIpc) is 2.64. The quantitative estimate of drug-likeness (QED) is 0.625. The molecule has 10 heavy (non-hydrogen) atoms. The van der Waals surface area contributed by atoms with Gasteiger partial charge < -0.3 is 0 Å². The molecular weight excluding hydrogens is 148 g/mol. The highest BCUT2D eigenvalue weighted by Crippen LogP contribution is 2.29. The summed E-state index contributed by atoms with van der Waals surface area (Å²) in [6, 6.07) is 0. The Morgan fingerprint density at radius 2 is 2.00 bits per heavy atom. The third-order valence-electron chi connectivity index (χ3n) is 1.81. The van der Waals surface area contributed by atoms with Gasteiger partial charge >= 0.3 is 0 Å². The zero-order valence-corrected chi connectivity index (χ0v) is 7.15. The first-order valence-electron chi connectivity index (χ1n) is 3.88. The Hall–Kier alpha value is -0.0500. The molecule has 1 aliphatic rings. The summed E-state index contributed by atoms with van der Waals surface area (Å²) >= 11 is 0. The number of sulfone groups is 1. The molecule has 0 atom stereocenters. The van der Waals surface area contributed by atoms with Gasteiger partial charge in [0.15, 0.2) is 9.84 Å². The van der Waals surface area contributed by atoms with E-state index in [1.165, 1.54) is 0 Å². The fraction of sp³-hybridized carbons (Fsp3) is 1.00. The van der Waals surface area contributed by atoms with E-state index < -0.39 is 9.84 Å². The zero-order chi connectivity index (χ0) is 7.61. The summed E-state index contributed by atoms with van der Waals surface area (Å²) in [4.78, 5) is 0. The third-order valence-corrected chi connectivity index (χ3v) is 4.16. The predicted molar refractivity (Wildman–Crippen MR) is 41.7 cm³/mol. The van der Waals surface area contributed by atoms with Crippen LogP contribution in [-0.2, 0) is 9.84 Å². The Kier molecular flexibility index (Phi) is 2.34. The Morgan fingerprint density at radius 1 is 1.40 bits per heavy atom. The molecule has 1 rings (SSSR count). The molecule has 1 aliphatic carbocycles. The minimum atomic E-state index is -2.65. The largest absolute Gasteiger partial charge is 0.229 e. The van der Waals surface area contributed by atoms with Crippen LogP contribution in [0.4, 0.5) is 0 Å². The molecular formula is C7H14O2S. The third kappa shape index (κ3) is 1.97. The highest BCUT2D eigenvalue weighted by molar-refractivity contribution is 7.92. The van der Waals surface area contributed by atoms with E-state index >= 15 is 0 Å². The van der Waals surface area contributed by atoms with E-state index in [0.29, 0.717) is 5.75 Å². The molecule has 0 amide bonds. The number of rotatable bonds is 4. The van der Waals surface area contributed by atoms with Gasteiger partial charge in [-0.2, -0.15) is 0 Å². The fourth-order valence-corrected chi connectivity index (χ4v) is 2.82. The molecule has 0 aliphatic heterocycles. The molecule has 1 saturated carbocycles. The van der Waals surface area contributed by atoms with Crippen LogP contribution in [0.3, 0.4) is 0 Å². The minimum Gasteiger partial charge on any atom is -0.229 e. The molecule has 0 N–H and O–H groups in total. The monoisotopic (exact) mass is 162 g/mol. The van der Waals surface area contributed by atoms with Crippen LogP contribution in [0, 0.1) is 0 Å². The molecule has 2 nitrogen and oxygen atoms in total. The summed E-state index contributed by atoms with van der Waals surface area (Å²) in [5, 5.41) is 0.0408. The lowest BCUT2D eigenvalue weighted by atomic mass is 10.4. The maximum Gasteiger partial charge on any atom is 0.153 e. The lowest BCUT2D eigenvalue weighted by molar-refractivity contribution is 0.591. The smallest absolute Gasteiger partial charge is 0.153 e. The van der Waals surface area contributed by atoms with E-state index in [9.17, 15) is 8.42 Å². The van der Waals surface area contributed by atoms with E-state index in [-0.39, 0.29) is 5.25 Å². The molecule has 3 heteroatoms. The Morgan fingerprint density at radius 3 is 2.40 bits per heavy atom. The van der Waals surface area contributed by atoms with Crippen molar-refractivity contribution in [1.29, 1.82) is 0 Å². The molecule has 0 saturated heterocycles. The lowest BCUT2D eigenvalue weighted by Gasteiger charge is -1.98. The summed E-state index contributed by atoms with van der Waals surface area (Å²) in [5.41, 5.74) is 0. The SMILES string of the molecule is CCCCS(=O)(=O)C1CC1. The zero-order valence-electron chi connectivity index (χ0n) is 6.34. The van der Waals surface area contributed by atoms with Crippen LogP contribution < -0.4 is 0 Å². The Labute approximate surface area is 62.5 Å². The van der Waals surface area contributed by atoms with E-state index in [1.807, 2.05) is 6.92 Å². The summed E-state index contributed by atoms with van der Waals surface area (Å²) in [6.45, 7) is 2.02. The average molecular weight is 162 g/mol. The van der Waals surface area contributed by atoms with E-state index in [0.717, 1.165) is 25.7 Å². The molecule has 0 heterocycles. The van der Waals surface area contributed by atoms with Crippen molar-refractivity contribution in [3.05, 3.63) is 0 Å². The first-order chi connectivity index (χ1) is 4.67. The van der Waals surface area contributed by atoms with Crippen LogP contribution in [0.1, 0.15) is 32.6 Å². The lowest BCUT2D eigenvalue weighted by Crippen LogP contribution is -2.10. The number of hydrogen-bond acceptors (Lipinski definition) is 2. The van der Waals surface area contributed by atoms with Gasteiger partial charge in [0, 0.05) is 0 Å². The van der Waals surface area contributed by atoms with Crippen molar-refractivity contribution >= 4 is 9.84 Å². The number of hydrogen-bond donors (Lipinski definition) is 0. The van der Waals surface area contributed by atoms with Crippen molar-refractivity contribution in [1.82, 2.24) is 0 Å². The molecule has 1 fully saturated rings. The second-order valence-corrected chi connectivity index (χ2v) is 5.32. The standard InChI is InChI=1S/C7H14O2S/c1-2-3-6-10(8,9)7-4-5-7/h7H,2-6H2,1H3. The van der Waals surface area contributed by atoms with Crippen LogP contribution in [0.5, 0.6) is 0 Å². The Balaban J connectivity index is 2.36.